The van der Waals surface area contributed by atoms with Crippen LogP contribution in [0, 0.1) is 11.8 Å². The summed E-state index contributed by atoms with van der Waals surface area (Å²) in [5, 5.41) is 11.9. The number of aromatic nitrogens is 2. The van der Waals surface area contributed by atoms with Crippen LogP contribution in [0.3, 0.4) is 0 Å². The number of carbonyl (C=O) groups excluding carboxylic acids is 2. The van der Waals surface area contributed by atoms with E-state index in [1.165, 1.54) is 0 Å². The SMILES string of the molecule is NC(=O)C(c1ncccn1)[N+]12CCC(CC1)[C@@H](OC(=O)C(O)(c1ccccc1)C1CCCCC1)C2. The van der Waals surface area contributed by atoms with Crippen molar-refractivity contribution < 1.29 is 23.9 Å². The molecular weight excluding hydrogens is 444 g/mol. The van der Waals surface area contributed by atoms with Gasteiger partial charge in [-0.15, -0.1) is 0 Å². The van der Waals surface area contributed by atoms with E-state index in [0.29, 0.717) is 22.4 Å². The molecule has 1 amide bonds. The van der Waals surface area contributed by atoms with Gasteiger partial charge in [-0.1, -0.05) is 49.6 Å². The number of amides is 1. The second-order valence-electron chi connectivity index (χ2n) is 10.5. The number of piperidine rings is 3. The highest BCUT2D eigenvalue weighted by atomic mass is 16.6. The predicted molar refractivity (Wildman–Crippen MR) is 128 cm³/mol. The first kappa shape index (κ1) is 23.9. The lowest BCUT2D eigenvalue weighted by Gasteiger charge is -2.54. The van der Waals surface area contributed by atoms with Crippen molar-refractivity contribution in [1.29, 1.82) is 0 Å². The second kappa shape index (κ2) is 9.66. The topological polar surface area (TPSA) is 115 Å². The van der Waals surface area contributed by atoms with Gasteiger partial charge < -0.3 is 20.1 Å². The van der Waals surface area contributed by atoms with Gasteiger partial charge in [-0.3, -0.25) is 4.79 Å². The summed E-state index contributed by atoms with van der Waals surface area (Å²) in [6.45, 7) is 1.99. The van der Waals surface area contributed by atoms with Gasteiger partial charge in [0.15, 0.2) is 17.5 Å². The summed E-state index contributed by atoms with van der Waals surface area (Å²) in [5.74, 6) is -0.598. The summed E-state index contributed by atoms with van der Waals surface area (Å²) in [5.41, 5.74) is 4.80. The molecule has 2 unspecified atom stereocenters. The van der Waals surface area contributed by atoms with E-state index in [1.54, 1.807) is 18.5 Å². The number of esters is 1. The van der Waals surface area contributed by atoms with Gasteiger partial charge in [0.1, 0.15) is 6.54 Å². The molecule has 35 heavy (non-hydrogen) atoms. The molecule has 3 aliphatic heterocycles. The summed E-state index contributed by atoms with van der Waals surface area (Å²) in [6, 6.07) is 10.2. The first-order valence-corrected chi connectivity index (χ1v) is 12.8. The minimum absolute atomic E-state index is 0.175. The van der Waals surface area contributed by atoms with Crippen LogP contribution in [-0.2, 0) is 19.9 Å². The molecule has 0 spiro atoms. The predicted octanol–water partition coefficient (Wildman–Crippen LogP) is 2.62. The smallest absolute Gasteiger partial charge is 0.343 e. The number of hydrogen-bond donors (Lipinski definition) is 2. The Morgan fingerprint density at radius 3 is 2.29 bits per heavy atom. The van der Waals surface area contributed by atoms with Gasteiger partial charge in [-0.25, -0.2) is 14.8 Å². The van der Waals surface area contributed by atoms with Gasteiger partial charge in [0.05, 0.1) is 13.1 Å². The summed E-state index contributed by atoms with van der Waals surface area (Å²) >= 11 is 0. The van der Waals surface area contributed by atoms with Crippen molar-refractivity contribution in [2.24, 2.45) is 17.6 Å². The number of fused-ring (bicyclic) bond motifs is 3. The Morgan fingerprint density at radius 1 is 1.00 bits per heavy atom. The van der Waals surface area contributed by atoms with E-state index in [4.69, 9.17) is 10.5 Å². The van der Waals surface area contributed by atoms with Crippen molar-refractivity contribution in [1.82, 2.24) is 9.97 Å². The average molecular weight is 480 g/mol. The van der Waals surface area contributed by atoms with Crippen molar-refractivity contribution in [3.05, 3.63) is 60.2 Å². The zero-order valence-electron chi connectivity index (χ0n) is 20.1. The highest BCUT2D eigenvalue weighted by molar-refractivity contribution is 5.82. The molecule has 3 saturated heterocycles. The molecular formula is C27H35N4O4+. The fraction of sp³-hybridized carbons (Fsp3) is 0.556. The van der Waals surface area contributed by atoms with Crippen LogP contribution < -0.4 is 5.73 Å². The van der Waals surface area contributed by atoms with E-state index in [9.17, 15) is 14.7 Å². The molecule has 4 aliphatic rings. The molecule has 1 aliphatic carbocycles. The van der Waals surface area contributed by atoms with Crippen LogP contribution in [0.2, 0.25) is 0 Å². The summed E-state index contributed by atoms with van der Waals surface area (Å²) in [7, 11) is 0. The fourth-order valence-corrected chi connectivity index (χ4v) is 6.71. The Hall–Kier alpha value is -2.84. The van der Waals surface area contributed by atoms with Crippen LogP contribution in [-0.4, -0.2) is 57.2 Å². The van der Waals surface area contributed by atoms with Crippen LogP contribution >= 0.6 is 0 Å². The Labute approximate surface area is 206 Å². The Morgan fingerprint density at radius 2 is 1.66 bits per heavy atom. The molecule has 186 valence electrons. The van der Waals surface area contributed by atoms with Gasteiger partial charge in [0.25, 0.3) is 5.91 Å². The summed E-state index contributed by atoms with van der Waals surface area (Å²) in [6.07, 6.45) is 9.19. The van der Waals surface area contributed by atoms with Gasteiger partial charge in [0.2, 0.25) is 6.04 Å². The summed E-state index contributed by atoms with van der Waals surface area (Å²) < 4.78 is 6.58. The quantitative estimate of drug-likeness (QED) is 0.466. The van der Waals surface area contributed by atoms with Gasteiger partial charge in [0, 0.05) is 37.1 Å². The molecule has 4 fully saturated rings. The van der Waals surface area contributed by atoms with Crippen molar-refractivity contribution in [3.63, 3.8) is 0 Å². The lowest BCUT2D eigenvalue weighted by molar-refractivity contribution is -0.965. The van der Waals surface area contributed by atoms with Crippen LogP contribution in [0.4, 0.5) is 0 Å². The van der Waals surface area contributed by atoms with E-state index in [2.05, 4.69) is 9.97 Å². The molecule has 0 radical (unpaired) electrons. The third-order valence-electron chi connectivity index (χ3n) is 8.59. The highest BCUT2D eigenvalue weighted by Gasteiger charge is 2.56. The monoisotopic (exact) mass is 479 g/mol. The third-order valence-corrected chi connectivity index (χ3v) is 8.59. The fourth-order valence-electron chi connectivity index (χ4n) is 6.71. The van der Waals surface area contributed by atoms with Crippen molar-refractivity contribution in [3.8, 4) is 0 Å². The Balaban J connectivity index is 1.42. The minimum Gasteiger partial charge on any atom is -0.454 e. The van der Waals surface area contributed by atoms with Gasteiger partial charge in [-0.2, -0.15) is 0 Å². The van der Waals surface area contributed by atoms with Crippen molar-refractivity contribution >= 4 is 11.9 Å². The zero-order chi connectivity index (χ0) is 24.5. The number of hydrogen-bond acceptors (Lipinski definition) is 6. The number of carbonyl (C=O) groups is 2. The minimum atomic E-state index is -1.68. The largest absolute Gasteiger partial charge is 0.454 e. The maximum atomic E-state index is 13.8. The number of nitrogens with zero attached hydrogens (tertiary/aromatic N) is 3. The van der Waals surface area contributed by atoms with Gasteiger partial charge in [-0.05, 0) is 24.5 Å². The lowest BCUT2D eigenvalue weighted by atomic mass is 9.73. The third kappa shape index (κ3) is 4.34. The Bertz CT molecular complexity index is 1040. The first-order valence-electron chi connectivity index (χ1n) is 12.8. The summed E-state index contributed by atoms with van der Waals surface area (Å²) in [4.78, 5) is 35.1. The molecule has 3 atom stereocenters. The van der Waals surface area contributed by atoms with Gasteiger partial charge >= 0.3 is 5.97 Å². The van der Waals surface area contributed by atoms with Crippen LogP contribution in [0.15, 0.2) is 48.8 Å². The molecule has 6 rings (SSSR count). The lowest BCUT2D eigenvalue weighted by Crippen LogP contribution is -2.68. The number of ether oxygens (including phenoxy) is 1. The zero-order valence-corrected chi connectivity index (χ0v) is 20.1. The molecule has 1 saturated carbocycles. The van der Waals surface area contributed by atoms with Crippen LogP contribution in [0.25, 0.3) is 0 Å². The van der Waals surface area contributed by atoms with E-state index >= 15 is 0 Å². The molecule has 8 heteroatoms. The maximum Gasteiger partial charge on any atom is 0.343 e. The van der Waals surface area contributed by atoms with E-state index < -0.39 is 29.6 Å². The maximum absolute atomic E-state index is 13.8. The molecule has 8 nitrogen and oxygen atoms in total. The molecule has 3 N–H and O–H groups in total. The molecule has 1 aromatic heterocycles. The van der Waals surface area contributed by atoms with Crippen molar-refractivity contribution in [2.45, 2.75) is 62.7 Å². The van der Waals surface area contributed by atoms with Crippen molar-refractivity contribution in [2.75, 3.05) is 19.6 Å². The number of nitrogens with two attached hydrogens (primary N) is 1. The standard InChI is InChI=1S/C27H34N4O4/c28-24(32)23(25-29-14-7-15-30-25)31-16-12-19(13-17-31)22(18-31)35-26(33)27(34,20-8-3-1-4-9-20)21-10-5-2-6-11-21/h1,3-4,7-9,14-15,19,21-23,34H,2,5-6,10-13,16-18H2,(H-,28,32)/p+1/t19?,22-,23?,27?,31?/m0/s1. The molecule has 1 aromatic carbocycles. The van der Waals surface area contributed by atoms with E-state index in [1.807, 2.05) is 30.3 Å². The van der Waals surface area contributed by atoms with E-state index in [-0.39, 0.29) is 11.8 Å². The molecule has 2 bridgehead atoms. The average Bonchev–Trinajstić information content (AvgIpc) is 2.90. The first-order chi connectivity index (χ1) is 16.9. The number of primary amides is 1. The highest BCUT2D eigenvalue weighted by Crippen LogP contribution is 2.44. The number of quaternary nitrogens is 1. The normalized spacial score (nSPS) is 29.2. The second-order valence-corrected chi connectivity index (χ2v) is 10.5. The Kier molecular flexibility index (Phi) is 6.59. The van der Waals surface area contributed by atoms with Crippen LogP contribution in [0.5, 0.6) is 0 Å². The number of benzene rings is 1. The molecule has 4 heterocycles. The molecule has 2 aromatic rings. The van der Waals surface area contributed by atoms with E-state index in [0.717, 1.165) is 58.0 Å². The number of aliphatic hydroxyl groups is 1. The number of rotatable bonds is 7. The van der Waals surface area contributed by atoms with Crippen LogP contribution in [0.1, 0.15) is 62.4 Å².